The summed E-state index contributed by atoms with van der Waals surface area (Å²) in [5.74, 6) is 0. The molecule has 2 N–H and O–H groups in total. The van der Waals surface area contributed by atoms with Crippen molar-refractivity contribution in [2.24, 2.45) is 5.73 Å². The fraction of sp³-hybridized carbons (Fsp3) is 1.00. The molecule has 78 valence electrons. The molecule has 0 aromatic carbocycles. The second-order valence-electron chi connectivity index (χ2n) is 3.33. The summed E-state index contributed by atoms with van der Waals surface area (Å²) in [5.41, 5.74) is 5.64. The van der Waals surface area contributed by atoms with Gasteiger partial charge >= 0.3 is 0 Å². The van der Waals surface area contributed by atoms with E-state index in [4.69, 9.17) is 5.73 Å². The zero-order valence-corrected chi connectivity index (χ0v) is 8.92. The first-order chi connectivity index (χ1) is 5.98. The average molecular weight is 207 g/mol. The lowest BCUT2D eigenvalue weighted by molar-refractivity contribution is 0.401. The minimum atomic E-state index is -3.24. The molecule has 0 aliphatic carbocycles. The molecule has 1 saturated heterocycles. The molecule has 1 atom stereocenters. The van der Waals surface area contributed by atoms with Crippen molar-refractivity contribution in [3.8, 4) is 0 Å². The van der Waals surface area contributed by atoms with Gasteiger partial charge in [-0.1, -0.05) is 6.92 Å². The lowest BCUT2D eigenvalue weighted by Gasteiger charge is -2.22. The summed E-state index contributed by atoms with van der Waals surface area (Å²) >= 11 is 0. The van der Waals surface area contributed by atoms with Crippen LogP contribution in [-0.2, 0) is 10.2 Å². The van der Waals surface area contributed by atoms with Crippen LogP contribution in [-0.4, -0.2) is 49.8 Å². The van der Waals surface area contributed by atoms with Crippen molar-refractivity contribution < 1.29 is 8.42 Å². The number of nitrogens with zero attached hydrogens (tertiary/aromatic N) is 2. The normalized spacial score (nSPS) is 25.7. The molecule has 0 amide bonds. The Hall–Kier alpha value is -0.170. The first kappa shape index (κ1) is 10.9. The van der Waals surface area contributed by atoms with E-state index < -0.39 is 10.2 Å². The van der Waals surface area contributed by atoms with Crippen molar-refractivity contribution >= 4 is 10.2 Å². The maximum absolute atomic E-state index is 11.7. The smallest absolute Gasteiger partial charge is 0.281 e. The third kappa shape index (κ3) is 2.19. The largest absolute Gasteiger partial charge is 0.326 e. The first-order valence-electron chi connectivity index (χ1n) is 4.45. The topological polar surface area (TPSA) is 66.6 Å². The van der Waals surface area contributed by atoms with Crippen LogP contribution >= 0.6 is 0 Å². The second kappa shape index (κ2) is 3.91. The molecule has 0 aromatic rings. The lowest BCUT2D eigenvalue weighted by atomic mass is 10.3. The predicted molar refractivity (Wildman–Crippen MR) is 51.4 cm³/mol. The molecule has 0 aromatic heterocycles. The van der Waals surface area contributed by atoms with E-state index in [0.29, 0.717) is 19.6 Å². The second-order valence-corrected chi connectivity index (χ2v) is 5.36. The Bertz CT molecular complexity index is 265. The van der Waals surface area contributed by atoms with Crippen molar-refractivity contribution in [1.29, 1.82) is 0 Å². The van der Waals surface area contributed by atoms with Crippen LogP contribution in [0, 0.1) is 0 Å². The molecule has 1 heterocycles. The Kier molecular flexibility index (Phi) is 3.28. The van der Waals surface area contributed by atoms with Crippen molar-refractivity contribution in [2.75, 3.05) is 26.7 Å². The molecule has 0 spiro atoms. The average Bonchev–Trinajstić information content (AvgIpc) is 2.50. The van der Waals surface area contributed by atoms with Crippen molar-refractivity contribution in [2.45, 2.75) is 19.4 Å². The van der Waals surface area contributed by atoms with Gasteiger partial charge in [-0.05, 0) is 6.42 Å². The number of hydrogen-bond donors (Lipinski definition) is 1. The molecule has 0 radical (unpaired) electrons. The fourth-order valence-corrected chi connectivity index (χ4v) is 2.76. The highest BCUT2D eigenvalue weighted by atomic mass is 32.2. The van der Waals surface area contributed by atoms with Gasteiger partial charge in [-0.2, -0.15) is 17.0 Å². The molecule has 1 aliphatic heterocycles. The molecule has 1 rings (SSSR count). The Labute approximate surface area is 79.7 Å². The molecule has 13 heavy (non-hydrogen) atoms. The highest BCUT2D eigenvalue weighted by molar-refractivity contribution is 7.86. The summed E-state index contributed by atoms with van der Waals surface area (Å²) in [5, 5.41) is 0. The fourth-order valence-electron chi connectivity index (χ4n) is 1.32. The van der Waals surface area contributed by atoms with Crippen LogP contribution in [0.1, 0.15) is 13.3 Å². The van der Waals surface area contributed by atoms with E-state index in [1.165, 1.54) is 8.61 Å². The molecule has 0 saturated carbocycles. The first-order valence-corrected chi connectivity index (χ1v) is 5.85. The van der Waals surface area contributed by atoms with Gasteiger partial charge < -0.3 is 5.73 Å². The Morgan fingerprint density at radius 2 is 2.23 bits per heavy atom. The van der Waals surface area contributed by atoms with Crippen LogP contribution in [0.4, 0.5) is 0 Å². The van der Waals surface area contributed by atoms with Crippen LogP contribution in [0.15, 0.2) is 0 Å². The highest BCUT2D eigenvalue weighted by Gasteiger charge is 2.31. The molecule has 6 heteroatoms. The SMILES string of the molecule is CCN(C)S(=O)(=O)N1CC[C@@H](N)C1. The lowest BCUT2D eigenvalue weighted by Crippen LogP contribution is -2.41. The third-order valence-electron chi connectivity index (χ3n) is 2.35. The van der Waals surface area contributed by atoms with Gasteiger partial charge in [-0.25, -0.2) is 0 Å². The number of hydrogen-bond acceptors (Lipinski definition) is 3. The standard InChI is InChI=1S/C7H17N3O2S/c1-3-9(2)13(11,12)10-5-4-7(8)6-10/h7H,3-6,8H2,1-2H3/t7-/m1/s1. The van der Waals surface area contributed by atoms with E-state index in [2.05, 4.69) is 0 Å². The van der Waals surface area contributed by atoms with Crippen LogP contribution in [0.25, 0.3) is 0 Å². The summed E-state index contributed by atoms with van der Waals surface area (Å²) in [6, 6.07) is 0.0000288. The van der Waals surface area contributed by atoms with Gasteiger partial charge in [0.2, 0.25) is 0 Å². The van der Waals surface area contributed by atoms with E-state index in [1.807, 2.05) is 6.92 Å². The van der Waals surface area contributed by atoms with Crippen molar-refractivity contribution in [1.82, 2.24) is 8.61 Å². The molecular weight excluding hydrogens is 190 g/mol. The molecule has 0 unspecified atom stereocenters. The maximum Gasteiger partial charge on any atom is 0.281 e. The third-order valence-corrected chi connectivity index (χ3v) is 4.38. The van der Waals surface area contributed by atoms with Crippen molar-refractivity contribution in [3.63, 3.8) is 0 Å². The van der Waals surface area contributed by atoms with Gasteiger partial charge in [-0.3, -0.25) is 0 Å². The Morgan fingerprint density at radius 1 is 1.62 bits per heavy atom. The van der Waals surface area contributed by atoms with Crippen LogP contribution in [0.3, 0.4) is 0 Å². The molecular formula is C7H17N3O2S. The van der Waals surface area contributed by atoms with Gasteiger partial charge in [-0.15, -0.1) is 0 Å². The van der Waals surface area contributed by atoms with Gasteiger partial charge in [0.1, 0.15) is 0 Å². The number of rotatable bonds is 3. The Morgan fingerprint density at radius 3 is 2.62 bits per heavy atom. The summed E-state index contributed by atoms with van der Waals surface area (Å²) < 4.78 is 26.2. The zero-order chi connectivity index (χ0) is 10.1. The van der Waals surface area contributed by atoms with E-state index in [9.17, 15) is 8.42 Å². The quantitative estimate of drug-likeness (QED) is 0.660. The Balaban J connectivity index is 2.71. The summed E-state index contributed by atoms with van der Waals surface area (Å²) in [4.78, 5) is 0. The van der Waals surface area contributed by atoms with Crippen molar-refractivity contribution in [3.05, 3.63) is 0 Å². The minimum absolute atomic E-state index is 0.0000288. The summed E-state index contributed by atoms with van der Waals surface area (Å²) in [6.07, 6.45) is 0.761. The van der Waals surface area contributed by atoms with Crippen LogP contribution in [0.2, 0.25) is 0 Å². The van der Waals surface area contributed by atoms with E-state index in [0.717, 1.165) is 6.42 Å². The van der Waals surface area contributed by atoms with E-state index >= 15 is 0 Å². The summed E-state index contributed by atoms with van der Waals surface area (Å²) in [7, 11) is -1.65. The molecule has 0 bridgehead atoms. The monoisotopic (exact) mass is 207 g/mol. The van der Waals surface area contributed by atoms with E-state index in [-0.39, 0.29) is 6.04 Å². The molecule has 1 aliphatic rings. The van der Waals surface area contributed by atoms with E-state index in [1.54, 1.807) is 7.05 Å². The predicted octanol–water partition coefficient (Wildman–Crippen LogP) is -0.784. The summed E-state index contributed by atoms with van der Waals surface area (Å²) in [6.45, 7) is 3.31. The van der Waals surface area contributed by atoms with Crippen LogP contribution in [0.5, 0.6) is 0 Å². The minimum Gasteiger partial charge on any atom is -0.326 e. The molecule has 5 nitrogen and oxygen atoms in total. The zero-order valence-electron chi connectivity index (χ0n) is 8.10. The van der Waals surface area contributed by atoms with Gasteiger partial charge in [0, 0.05) is 32.7 Å². The van der Waals surface area contributed by atoms with Gasteiger partial charge in [0.05, 0.1) is 0 Å². The molecule has 1 fully saturated rings. The van der Waals surface area contributed by atoms with Crippen LogP contribution < -0.4 is 5.73 Å². The highest BCUT2D eigenvalue weighted by Crippen LogP contribution is 2.14. The van der Waals surface area contributed by atoms with Gasteiger partial charge in [0.25, 0.3) is 10.2 Å². The number of nitrogens with two attached hydrogens (primary N) is 1. The maximum atomic E-state index is 11.7. The van der Waals surface area contributed by atoms with Gasteiger partial charge in [0.15, 0.2) is 0 Å².